The predicted molar refractivity (Wildman–Crippen MR) is 96.7 cm³/mol. The van der Waals surface area contributed by atoms with E-state index in [1.165, 1.54) is 49.9 Å². The van der Waals surface area contributed by atoms with Gasteiger partial charge in [0, 0.05) is 44.0 Å². The largest absolute Gasteiger partial charge is 0.338 e. The van der Waals surface area contributed by atoms with E-state index in [2.05, 4.69) is 41.8 Å². The molecule has 0 spiro atoms. The second kappa shape index (κ2) is 6.12. The number of rotatable bonds is 2. The number of hydrogen-bond donors (Lipinski definition) is 1. The van der Waals surface area contributed by atoms with Crippen LogP contribution in [-0.4, -0.2) is 62.1 Å². The maximum atomic E-state index is 4.58. The molecular formula is C18H27N7. The van der Waals surface area contributed by atoms with Gasteiger partial charge in [-0.2, -0.15) is 5.10 Å². The maximum Gasteiger partial charge on any atom is 0.227 e. The molecule has 0 radical (unpaired) electrons. The second-order valence-electron chi connectivity index (χ2n) is 7.75. The van der Waals surface area contributed by atoms with Crippen LogP contribution in [0.15, 0.2) is 0 Å². The van der Waals surface area contributed by atoms with Crippen molar-refractivity contribution in [2.75, 3.05) is 31.1 Å². The summed E-state index contributed by atoms with van der Waals surface area (Å²) in [6, 6.07) is 0.681. The number of piperazine rings is 1. The monoisotopic (exact) mass is 341 g/mol. The van der Waals surface area contributed by atoms with Gasteiger partial charge in [-0.15, -0.1) is 10.2 Å². The molecule has 5 rings (SSSR count). The summed E-state index contributed by atoms with van der Waals surface area (Å²) >= 11 is 0. The molecule has 2 fully saturated rings. The van der Waals surface area contributed by atoms with Gasteiger partial charge in [-0.1, -0.05) is 6.42 Å². The molecule has 134 valence electrons. The highest BCUT2D eigenvalue weighted by Crippen LogP contribution is 2.30. The first-order chi connectivity index (χ1) is 12.3. The summed E-state index contributed by atoms with van der Waals surface area (Å²) in [5.74, 6) is 1.90. The van der Waals surface area contributed by atoms with E-state index in [1.807, 2.05) is 0 Å². The van der Waals surface area contributed by atoms with Crippen LogP contribution in [0.1, 0.15) is 43.4 Å². The zero-order valence-electron chi connectivity index (χ0n) is 15.0. The standard InChI is InChI=1S/C18H27N7/c1-23-17(16-14-7-2-3-8-15(14)19-20-16)21-22-18(23)25-11-10-24-9-5-4-6-13(24)12-25/h13H,2-12H2,1H3,(H,19,20). The van der Waals surface area contributed by atoms with Crippen LogP contribution < -0.4 is 4.90 Å². The minimum atomic E-state index is 0.681. The van der Waals surface area contributed by atoms with Crippen molar-refractivity contribution in [3.05, 3.63) is 11.3 Å². The molecule has 1 N–H and O–H groups in total. The number of aromatic amines is 1. The molecule has 2 aromatic heterocycles. The van der Waals surface area contributed by atoms with Crippen LogP contribution in [0.5, 0.6) is 0 Å². The Morgan fingerprint density at radius 1 is 1.00 bits per heavy atom. The normalized spacial score (nSPS) is 24.2. The van der Waals surface area contributed by atoms with Gasteiger partial charge in [0.15, 0.2) is 5.82 Å². The van der Waals surface area contributed by atoms with Crippen molar-refractivity contribution in [3.8, 4) is 11.5 Å². The van der Waals surface area contributed by atoms with Crippen molar-refractivity contribution in [1.82, 2.24) is 29.9 Å². The number of aromatic nitrogens is 5. The molecular weight excluding hydrogens is 314 g/mol. The van der Waals surface area contributed by atoms with Crippen molar-refractivity contribution in [1.29, 1.82) is 0 Å². The van der Waals surface area contributed by atoms with Crippen LogP contribution in [-0.2, 0) is 19.9 Å². The molecule has 2 aliphatic heterocycles. The van der Waals surface area contributed by atoms with E-state index in [9.17, 15) is 0 Å². The molecule has 1 unspecified atom stereocenters. The average molecular weight is 341 g/mol. The van der Waals surface area contributed by atoms with Gasteiger partial charge in [0.1, 0.15) is 5.69 Å². The summed E-state index contributed by atoms with van der Waals surface area (Å²) in [6.45, 7) is 4.53. The maximum absolute atomic E-state index is 4.58. The van der Waals surface area contributed by atoms with Crippen molar-refractivity contribution in [2.45, 2.75) is 51.0 Å². The Bertz CT molecular complexity index is 762. The summed E-state index contributed by atoms with van der Waals surface area (Å²) in [5, 5.41) is 16.9. The minimum absolute atomic E-state index is 0.681. The van der Waals surface area contributed by atoms with Gasteiger partial charge in [0.25, 0.3) is 0 Å². The van der Waals surface area contributed by atoms with Crippen LogP contribution in [0.2, 0.25) is 0 Å². The highest BCUT2D eigenvalue weighted by atomic mass is 15.4. The fraction of sp³-hybridized carbons (Fsp3) is 0.722. The highest BCUT2D eigenvalue weighted by molar-refractivity contribution is 5.59. The highest BCUT2D eigenvalue weighted by Gasteiger charge is 2.31. The number of aryl methyl sites for hydroxylation is 1. The molecule has 0 saturated carbocycles. The number of H-pyrrole nitrogens is 1. The fourth-order valence-corrected chi connectivity index (χ4v) is 4.81. The van der Waals surface area contributed by atoms with Crippen molar-refractivity contribution in [2.24, 2.45) is 7.05 Å². The summed E-state index contributed by atoms with van der Waals surface area (Å²) in [5.41, 5.74) is 3.65. The molecule has 7 nitrogen and oxygen atoms in total. The molecule has 1 atom stereocenters. The lowest BCUT2D eigenvalue weighted by atomic mass is 9.96. The van der Waals surface area contributed by atoms with Crippen molar-refractivity contribution >= 4 is 5.95 Å². The van der Waals surface area contributed by atoms with E-state index in [-0.39, 0.29) is 0 Å². The predicted octanol–water partition coefficient (Wildman–Crippen LogP) is 1.76. The Morgan fingerprint density at radius 2 is 1.92 bits per heavy atom. The summed E-state index contributed by atoms with van der Waals surface area (Å²) in [6.07, 6.45) is 8.74. The van der Waals surface area contributed by atoms with Crippen LogP contribution in [0, 0.1) is 0 Å². The van der Waals surface area contributed by atoms with Gasteiger partial charge >= 0.3 is 0 Å². The van der Waals surface area contributed by atoms with E-state index in [0.717, 1.165) is 49.9 Å². The summed E-state index contributed by atoms with van der Waals surface area (Å²) < 4.78 is 2.14. The first kappa shape index (κ1) is 15.4. The van der Waals surface area contributed by atoms with Gasteiger partial charge in [-0.25, -0.2) is 0 Å². The van der Waals surface area contributed by atoms with E-state index < -0.39 is 0 Å². The number of piperidine rings is 1. The number of fused-ring (bicyclic) bond motifs is 2. The van der Waals surface area contributed by atoms with Crippen molar-refractivity contribution in [3.63, 3.8) is 0 Å². The van der Waals surface area contributed by atoms with E-state index in [0.29, 0.717) is 6.04 Å². The molecule has 7 heteroatoms. The molecule has 25 heavy (non-hydrogen) atoms. The number of nitrogens with zero attached hydrogens (tertiary/aromatic N) is 6. The Kier molecular flexibility index (Phi) is 3.77. The zero-order chi connectivity index (χ0) is 16.8. The summed E-state index contributed by atoms with van der Waals surface area (Å²) in [4.78, 5) is 5.07. The van der Waals surface area contributed by atoms with Crippen LogP contribution >= 0.6 is 0 Å². The Labute approximate surface area is 148 Å². The smallest absolute Gasteiger partial charge is 0.227 e. The fourth-order valence-electron chi connectivity index (χ4n) is 4.81. The molecule has 0 amide bonds. The number of hydrogen-bond acceptors (Lipinski definition) is 5. The first-order valence-corrected chi connectivity index (χ1v) is 9.76. The van der Waals surface area contributed by atoms with Crippen LogP contribution in [0.4, 0.5) is 5.95 Å². The summed E-state index contributed by atoms with van der Waals surface area (Å²) in [7, 11) is 2.09. The zero-order valence-corrected chi connectivity index (χ0v) is 15.0. The Hall–Kier alpha value is -1.89. The lowest BCUT2D eigenvalue weighted by molar-refractivity contribution is 0.132. The van der Waals surface area contributed by atoms with Crippen molar-refractivity contribution < 1.29 is 0 Å². The second-order valence-corrected chi connectivity index (χ2v) is 7.75. The number of nitrogens with one attached hydrogen (secondary N) is 1. The first-order valence-electron chi connectivity index (χ1n) is 9.76. The molecule has 1 aliphatic carbocycles. The van der Waals surface area contributed by atoms with Gasteiger partial charge < -0.3 is 4.90 Å². The topological polar surface area (TPSA) is 65.9 Å². The van der Waals surface area contributed by atoms with E-state index in [1.54, 1.807) is 0 Å². The third kappa shape index (κ3) is 2.56. The molecule has 2 aromatic rings. The molecule has 0 bridgehead atoms. The average Bonchev–Trinajstić information content (AvgIpc) is 3.24. The third-order valence-corrected chi connectivity index (χ3v) is 6.24. The van der Waals surface area contributed by atoms with Gasteiger partial charge in [-0.3, -0.25) is 14.6 Å². The molecule has 0 aromatic carbocycles. The third-order valence-electron chi connectivity index (χ3n) is 6.24. The minimum Gasteiger partial charge on any atom is -0.338 e. The Balaban J connectivity index is 1.42. The lowest BCUT2D eigenvalue weighted by Gasteiger charge is -2.44. The quantitative estimate of drug-likeness (QED) is 0.902. The SMILES string of the molecule is Cn1c(-c2n[nH]c3c2CCCC3)nnc1N1CCN2CCCCC2C1. The molecule has 2 saturated heterocycles. The lowest BCUT2D eigenvalue weighted by Crippen LogP contribution is -2.55. The van der Waals surface area contributed by atoms with Gasteiger partial charge in [0.2, 0.25) is 5.95 Å². The van der Waals surface area contributed by atoms with E-state index in [4.69, 9.17) is 0 Å². The van der Waals surface area contributed by atoms with Gasteiger partial charge in [-0.05, 0) is 45.1 Å². The van der Waals surface area contributed by atoms with Crippen LogP contribution in [0.3, 0.4) is 0 Å². The molecule has 3 aliphatic rings. The van der Waals surface area contributed by atoms with E-state index >= 15 is 0 Å². The Morgan fingerprint density at radius 3 is 2.88 bits per heavy atom. The number of anilines is 1. The van der Waals surface area contributed by atoms with Crippen LogP contribution in [0.25, 0.3) is 11.5 Å². The molecule has 4 heterocycles. The van der Waals surface area contributed by atoms with Gasteiger partial charge in [0.05, 0.1) is 0 Å².